The van der Waals surface area contributed by atoms with Gasteiger partial charge in [-0.3, -0.25) is 0 Å². The average molecular weight is 863 g/mol. The molecule has 27 heteroatoms. The molecule has 0 spiro atoms. The fraction of sp³-hybridized carbons (Fsp3) is 1.00. The summed E-state index contributed by atoms with van der Waals surface area (Å²) in [5.74, 6) is 0. The summed E-state index contributed by atoms with van der Waals surface area (Å²) in [4.78, 5) is 0. The molecule has 0 saturated carbocycles. The van der Waals surface area contributed by atoms with Crippen molar-refractivity contribution in [2.45, 2.75) is 147 Å². The molecule has 0 aliphatic carbocycles. The van der Waals surface area contributed by atoms with Crippen molar-refractivity contribution in [2.24, 2.45) is 0 Å². The molecule has 0 amide bonds. The van der Waals surface area contributed by atoms with Crippen LogP contribution in [-0.2, 0) is 80.7 Å². The monoisotopic (exact) mass is 862 g/mol. The van der Waals surface area contributed by atoms with Crippen LogP contribution < -0.4 is 0 Å². The standard InChI is InChI=1S/C22H54O19Si8.CH4/c1-16(2)24-43-33-46(27-19(7)8)35-44(25-17(3)4)31-42(23-15)32-45(26-18(5)6)36-47(34-43,28-20(9)10)40-49(39-46,30-22(13)14)41-48(37-44,38-45)29-21(11)12;/h16-22,42-43H,1-15H3;1H4/t42?,43?,44-,45-,46-,47?,48?,49?;/m0./s1. The van der Waals surface area contributed by atoms with E-state index < -0.39 is 116 Å². The van der Waals surface area contributed by atoms with E-state index in [1.54, 1.807) is 96.9 Å². The normalized spacial score (nSPS) is 39.2. The van der Waals surface area contributed by atoms with Crippen LogP contribution in [-0.4, -0.2) is 123 Å². The van der Waals surface area contributed by atoms with Gasteiger partial charge >= 0.3 is 73.3 Å². The highest BCUT2D eigenvalue weighted by Crippen LogP contribution is 2.46. The minimum Gasteiger partial charge on any atom is -0.380 e. The first-order chi connectivity index (χ1) is 22.6. The second-order valence-corrected chi connectivity index (χ2v) is 32.0. The number of hydrogen-bond donors (Lipinski definition) is 0. The number of fused-ring (bicyclic) bond motifs is 4. The van der Waals surface area contributed by atoms with E-state index in [-0.39, 0.29) is 7.43 Å². The fourth-order valence-corrected chi connectivity index (χ4v) is 37.3. The van der Waals surface area contributed by atoms with Crippen LogP contribution in [0.25, 0.3) is 0 Å². The van der Waals surface area contributed by atoms with Gasteiger partial charge in [0.05, 0.1) is 0 Å². The molecule has 5 unspecified atom stereocenters. The summed E-state index contributed by atoms with van der Waals surface area (Å²) in [6, 6.07) is 0. The Morgan fingerprint density at radius 2 is 0.560 bits per heavy atom. The molecule has 0 radical (unpaired) electrons. The maximum Gasteiger partial charge on any atom is 0.662 e. The second kappa shape index (κ2) is 17.4. The van der Waals surface area contributed by atoms with Crippen LogP contribution >= 0.6 is 0 Å². The van der Waals surface area contributed by atoms with Crippen molar-refractivity contribution in [3.8, 4) is 0 Å². The Morgan fingerprint density at radius 1 is 0.340 bits per heavy atom. The van der Waals surface area contributed by atoms with Gasteiger partial charge in [0, 0.05) is 49.8 Å². The minimum atomic E-state index is -4.83. The third-order valence-corrected chi connectivity index (χ3v) is 33.0. The van der Waals surface area contributed by atoms with Crippen LogP contribution in [0.1, 0.15) is 104 Å². The van der Waals surface area contributed by atoms with E-state index in [1.807, 2.05) is 0 Å². The van der Waals surface area contributed by atoms with Crippen molar-refractivity contribution in [1.29, 1.82) is 0 Å². The SMILES string of the molecule is C.CO[SiH]1O[Si@@]2(OC(C)C)O[Si]3(OC(C)C)O[SiH](OC(C)C)O[Si@]4(OC(C)C)O[Si](OC(C)C)(O3)O[Si](OC(C)C)(O2)O[Si@@](OC(C)C)(O1)O4. The van der Waals surface area contributed by atoms with E-state index in [0.29, 0.717) is 0 Å². The molecule has 8 atom stereocenters. The summed E-state index contributed by atoms with van der Waals surface area (Å²) >= 11 is 0. The molecule has 0 N–H and O–H groups in total. The third kappa shape index (κ3) is 11.5. The van der Waals surface area contributed by atoms with E-state index in [9.17, 15) is 0 Å². The Morgan fingerprint density at radius 3 is 0.800 bits per heavy atom. The molecule has 0 aromatic rings. The van der Waals surface area contributed by atoms with E-state index in [1.165, 1.54) is 7.11 Å². The Bertz CT molecular complexity index is 1030. The number of hydrogen-bond acceptors (Lipinski definition) is 19. The van der Waals surface area contributed by atoms with Gasteiger partial charge in [0.25, 0.3) is 0 Å². The zero-order chi connectivity index (χ0) is 36.6. The summed E-state index contributed by atoms with van der Waals surface area (Å²) in [5, 5.41) is 0. The van der Waals surface area contributed by atoms with Gasteiger partial charge in [-0.2, -0.15) is 0 Å². The van der Waals surface area contributed by atoms with Gasteiger partial charge in [0.1, 0.15) is 0 Å². The Hall–Kier alpha value is 0.975. The van der Waals surface area contributed by atoms with E-state index >= 15 is 0 Å². The lowest BCUT2D eigenvalue weighted by molar-refractivity contribution is -0.145. The van der Waals surface area contributed by atoms with Crippen LogP contribution in [0, 0.1) is 0 Å². The van der Waals surface area contributed by atoms with Crippen molar-refractivity contribution in [1.82, 2.24) is 0 Å². The van der Waals surface area contributed by atoms with Gasteiger partial charge in [0.15, 0.2) is 0 Å². The van der Waals surface area contributed by atoms with Gasteiger partial charge in [-0.05, 0) is 96.9 Å². The highest BCUT2D eigenvalue weighted by molar-refractivity contribution is 6.93. The molecule has 50 heavy (non-hydrogen) atoms. The second-order valence-electron chi connectivity index (χ2n) is 13.2. The van der Waals surface area contributed by atoms with E-state index in [4.69, 9.17) is 80.7 Å². The maximum atomic E-state index is 6.85. The molecule has 4 aliphatic rings. The third-order valence-electron chi connectivity index (χ3n) is 5.57. The van der Waals surface area contributed by atoms with Crippen LogP contribution in [0.15, 0.2) is 0 Å². The molecule has 4 saturated heterocycles. The number of rotatable bonds is 15. The van der Waals surface area contributed by atoms with Gasteiger partial charge in [-0.15, -0.1) is 0 Å². The summed E-state index contributed by atoms with van der Waals surface area (Å²) in [6.07, 6.45) is -3.89. The van der Waals surface area contributed by atoms with Crippen LogP contribution in [0.3, 0.4) is 0 Å². The molecule has 0 aromatic carbocycles. The topological polar surface area (TPSA) is 175 Å². The van der Waals surface area contributed by atoms with Crippen molar-refractivity contribution in [3.63, 3.8) is 0 Å². The van der Waals surface area contributed by atoms with Crippen LogP contribution in [0.5, 0.6) is 0 Å². The first-order valence-electron chi connectivity index (χ1n) is 16.5. The minimum absolute atomic E-state index is 0. The highest BCUT2D eigenvalue weighted by Gasteiger charge is 2.85. The Kier molecular flexibility index (Phi) is 15.8. The zero-order valence-electron chi connectivity index (χ0n) is 31.0. The maximum absolute atomic E-state index is 6.85. The van der Waals surface area contributed by atoms with Crippen molar-refractivity contribution in [2.75, 3.05) is 7.11 Å². The lowest BCUT2D eigenvalue weighted by atomic mass is 10.5. The summed E-state index contributed by atoms with van der Waals surface area (Å²) in [6.45, 7) is 24.7. The summed E-state index contributed by atoms with van der Waals surface area (Å²) in [5.41, 5.74) is 0. The van der Waals surface area contributed by atoms with Crippen molar-refractivity contribution < 1.29 is 80.7 Å². The zero-order valence-corrected chi connectivity index (χ0v) is 39.3. The summed E-state index contributed by atoms with van der Waals surface area (Å²) < 4.78 is 125. The Balaban J connectivity index is 0.00000676. The van der Waals surface area contributed by atoms with E-state index in [2.05, 4.69) is 0 Å². The van der Waals surface area contributed by atoms with Crippen molar-refractivity contribution >= 4 is 73.3 Å². The van der Waals surface area contributed by atoms with Gasteiger partial charge in [0.2, 0.25) is 0 Å². The average Bonchev–Trinajstić information content (AvgIpc) is 2.81. The molecule has 296 valence electrons. The smallest absolute Gasteiger partial charge is 0.380 e. The van der Waals surface area contributed by atoms with Crippen molar-refractivity contribution in [3.05, 3.63) is 0 Å². The Labute approximate surface area is 307 Å². The predicted octanol–water partition coefficient (Wildman–Crippen LogP) is 2.53. The van der Waals surface area contributed by atoms with Gasteiger partial charge < -0.3 is 80.7 Å². The lowest BCUT2D eigenvalue weighted by Crippen LogP contribution is -2.86. The summed E-state index contributed by atoms with van der Waals surface area (Å²) in [7, 11) is -34.2. The van der Waals surface area contributed by atoms with Crippen LogP contribution in [0.4, 0.5) is 0 Å². The molecule has 4 heterocycles. The fourth-order valence-electron chi connectivity index (χ4n) is 4.55. The molecule has 4 aliphatic heterocycles. The molecule has 19 nitrogen and oxygen atoms in total. The molecular weight excluding hydrogens is 805 g/mol. The van der Waals surface area contributed by atoms with Gasteiger partial charge in [-0.25, -0.2) is 0 Å². The molecule has 4 fully saturated rings. The first kappa shape index (κ1) is 45.4. The molecule has 0 aromatic heterocycles. The van der Waals surface area contributed by atoms with Gasteiger partial charge in [-0.1, -0.05) is 7.43 Å². The predicted molar refractivity (Wildman–Crippen MR) is 188 cm³/mol. The molecular formula is C23H58O19Si8. The lowest BCUT2D eigenvalue weighted by Gasteiger charge is -2.54. The highest BCUT2D eigenvalue weighted by atomic mass is 28.6. The molecule has 6 bridgehead atoms. The van der Waals surface area contributed by atoms with E-state index in [0.717, 1.165) is 0 Å². The quantitative estimate of drug-likeness (QED) is 0.220. The van der Waals surface area contributed by atoms with Crippen LogP contribution in [0.2, 0.25) is 0 Å². The first-order valence-corrected chi connectivity index (χ1v) is 29.1. The molecule has 4 rings (SSSR count). The largest absolute Gasteiger partial charge is 0.662 e.